The van der Waals surface area contributed by atoms with Gasteiger partial charge in [-0.05, 0) is 39.2 Å². The highest BCUT2D eigenvalue weighted by Gasteiger charge is 2.20. The molecule has 1 aromatic rings. The normalized spacial score (nSPS) is 14.6. The number of ether oxygens (including phenoxy) is 1. The van der Waals surface area contributed by atoms with Crippen LogP contribution in [0.5, 0.6) is 11.5 Å². The van der Waals surface area contributed by atoms with E-state index < -0.39 is 31.9 Å². The molecule has 0 spiro atoms. The second-order valence-electron chi connectivity index (χ2n) is 5.90. The quantitative estimate of drug-likeness (QED) is 0.150. The maximum absolute atomic E-state index is 11.8. The molecule has 0 aromatic carbocycles. The Labute approximate surface area is 169 Å². The number of phosphoric acid groups is 1. The molecule has 0 bridgehead atoms. The van der Waals surface area contributed by atoms with Crippen LogP contribution >= 0.6 is 7.82 Å². The minimum atomic E-state index is -4.97. The van der Waals surface area contributed by atoms with Gasteiger partial charge in [0, 0.05) is 6.42 Å². The summed E-state index contributed by atoms with van der Waals surface area (Å²) < 4.78 is 24.9. The summed E-state index contributed by atoms with van der Waals surface area (Å²) in [6.45, 7) is 3.13. The van der Waals surface area contributed by atoms with Gasteiger partial charge in [0.1, 0.15) is 12.4 Å². The average molecular weight is 429 g/mol. The van der Waals surface area contributed by atoms with Gasteiger partial charge in [0.15, 0.2) is 5.76 Å². The van der Waals surface area contributed by atoms with E-state index in [2.05, 4.69) is 4.52 Å². The SMILES string of the molecule is C\C=C/C=C(\C=C/CCCCc1oc(COP(=O)([O-])O)c(O)c1O)C(=O)OCC. The van der Waals surface area contributed by atoms with Gasteiger partial charge in [-0.1, -0.05) is 24.3 Å². The van der Waals surface area contributed by atoms with Gasteiger partial charge in [-0.15, -0.1) is 0 Å². The van der Waals surface area contributed by atoms with E-state index in [4.69, 9.17) is 14.0 Å². The lowest BCUT2D eigenvalue weighted by Gasteiger charge is -2.13. The third kappa shape index (κ3) is 9.15. The first kappa shape index (κ1) is 24.7. The van der Waals surface area contributed by atoms with E-state index in [0.29, 0.717) is 31.3 Å². The van der Waals surface area contributed by atoms with Crippen molar-refractivity contribution in [3.63, 3.8) is 0 Å². The molecule has 3 N–H and O–H groups in total. The molecule has 1 heterocycles. The highest BCUT2D eigenvalue weighted by Crippen LogP contribution is 2.40. The summed E-state index contributed by atoms with van der Waals surface area (Å²) in [5.74, 6) is -1.73. The number of unbranched alkanes of at least 4 members (excludes halogenated alkanes) is 2. The van der Waals surface area contributed by atoms with Crippen LogP contribution < -0.4 is 4.89 Å². The Balaban J connectivity index is 2.54. The van der Waals surface area contributed by atoms with Crippen molar-refractivity contribution in [3.8, 4) is 11.5 Å². The van der Waals surface area contributed by atoms with Crippen molar-refractivity contribution in [2.24, 2.45) is 0 Å². The molecule has 1 atom stereocenters. The zero-order chi connectivity index (χ0) is 21.9. The third-order valence-corrected chi connectivity index (χ3v) is 4.11. The van der Waals surface area contributed by atoms with Gasteiger partial charge in [0.2, 0.25) is 11.5 Å². The molecule has 0 fully saturated rings. The summed E-state index contributed by atoms with van der Waals surface area (Å²) in [4.78, 5) is 31.0. The lowest BCUT2D eigenvalue weighted by molar-refractivity contribution is -0.221. The number of esters is 1. The lowest BCUT2D eigenvalue weighted by atomic mass is 10.1. The monoisotopic (exact) mass is 429 g/mol. The molecule has 9 nitrogen and oxygen atoms in total. The molecular weight excluding hydrogens is 403 g/mol. The summed E-state index contributed by atoms with van der Waals surface area (Å²) in [7, 11) is -4.97. The molecule has 0 aliphatic carbocycles. The first-order valence-electron chi connectivity index (χ1n) is 9.07. The zero-order valence-electron chi connectivity index (χ0n) is 16.4. The Morgan fingerprint density at radius 2 is 1.93 bits per heavy atom. The Morgan fingerprint density at radius 3 is 2.55 bits per heavy atom. The molecule has 10 heteroatoms. The number of rotatable bonds is 12. The minimum Gasteiger partial charge on any atom is -0.756 e. The van der Waals surface area contributed by atoms with E-state index >= 15 is 0 Å². The fourth-order valence-electron chi connectivity index (χ4n) is 2.28. The topological polar surface area (TPSA) is 149 Å². The van der Waals surface area contributed by atoms with Crippen molar-refractivity contribution >= 4 is 13.8 Å². The van der Waals surface area contributed by atoms with Gasteiger partial charge >= 0.3 is 5.97 Å². The number of carbonyl (C=O) groups excluding carboxylic acids is 1. The molecule has 1 aromatic heterocycles. The highest BCUT2D eigenvalue weighted by molar-refractivity contribution is 7.44. The van der Waals surface area contributed by atoms with Crippen LogP contribution in [0, 0.1) is 0 Å². The fraction of sp³-hybridized carbons (Fsp3) is 0.421. The number of aryl methyl sites for hydroxylation is 1. The summed E-state index contributed by atoms with van der Waals surface area (Å²) in [5.41, 5.74) is 0.433. The van der Waals surface area contributed by atoms with Crippen molar-refractivity contribution < 1.29 is 43.0 Å². The van der Waals surface area contributed by atoms with E-state index in [9.17, 15) is 24.5 Å². The van der Waals surface area contributed by atoms with E-state index in [1.165, 1.54) is 0 Å². The van der Waals surface area contributed by atoms with Gasteiger partial charge in [-0.2, -0.15) is 0 Å². The molecule has 0 saturated heterocycles. The predicted octanol–water partition coefficient (Wildman–Crippen LogP) is 3.00. The molecule has 0 radical (unpaired) electrons. The van der Waals surface area contributed by atoms with Crippen LogP contribution in [0.25, 0.3) is 0 Å². The first-order valence-corrected chi connectivity index (χ1v) is 10.6. The summed E-state index contributed by atoms with van der Waals surface area (Å²) in [6, 6.07) is 0. The number of allylic oxidation sites excluding steroid dienone is 4. The minimum absolute atomic E-state index is 0.0870. The molecule has 1 rings (SSSR count). The second-order valence-corrected chi connectivity index (χ2v) is 7.10. The zero-order valence-corrected chi connectivity index (χ0v) is 17.3. The summed E-state index contributed by atoms with van der Waals surface area (Å²) in [5, 5.41) is 19.5. The maximum atomic E-state index is 11.8. The fourth-order valence-corrected chi connectivity index (χ4v) is 2.56. The second kappa shape index (κ2) is 12.3. The molecule has 0 aliphatic heterocycles. The van der Waals surface area contributed by atoms with Crippen LogP contribution in [-0.2, 0) is 31.6 Å². The Kier molecular flexibility index (Phi) is 10.5. The standard InChI is InChI=1S/C19H27O9P/c1-3-5-10-14(19(22)26-4-2)11-8-6-7-9-12-15-17(20)18(21)16(28-15)13-27-29(23,24)25/h3,5,8,10-11,20-21H,4,6-7,9,12-13H2,1-2H3,(H2,23,24,25)/p-1/b5-3-,11-8-,14-10+. The van der Waals surface area contributed by atoms with Crippen molar-refractivity contribution in [1.82, 2.24) is 0 Å². The number of carbonyl (C=O) groups is 1. The number of aromatic hydroxyl groups is 2. The van der Waals surface area contributed by atoms with Crippen LogP contribution in [0.2, 0.25) is 0 Å². The number of hydrogen-bond acceptors (Lipinski definition) is 8. The third-order valence-electron chi connectivity index (χ3n) is 3.66. The molecular formula is C19H26O9P-. The molecule has 162 valence electrons. The number of hydrogen-bond donors (Lipinski definition) is 3. The van der Waals surface area contributed by atoms with Crippen LogP contribution in [-0.4, -0.2) is 27.7 Å². The van der Waals surface area contributed by atoms with Gasteiger partial charge in [0.05, 0.1) is 12.2 Å². The van der Waals surface area contributed by atoms with Crippen molar-refractivity contribution in [1.29, 1.82) is 0 Å². The summed E-state index contributed by atoms with van der Waals surface area (Å²) >= 11 is 0. The molecule has 1 unspecified atom stereocenters. The van der Waals surface area contributed by atoms with Gasteiger partial charge in [-0.3, -0.25) is 4.57 Å². The van der Waals surface area contributed by atoms with E-state index in [0.717, 1.165) is 0 Å². The Hall–Kier alpha value is -2.32. The van der Waals surface area contributed by atoms with E-state index in [-0.39, 0.29) is 18.1 Å². The van der Waals surface area contributed by atoms with Crippen LogP contribution in [0.4, 0.5) is 0 Å². The van der Waals surface area contributed by atoms with E-state index in [1.54, 1.807) is 31.2 Å². The smallest absolute Gasteiger partial charge is 0.338 e. The van der Waals surface area contributed by atoms with Crippen molar-refractivity contribution in [3.05, 3.63) is 47.5 Å². The maximum Gasteiger partial charge on any atom is 0.338 e. The molecule has 0 saturated carbocycles. The van der Waals surface area contributed by atoms with Crippen LogP contribution in [0.15, 0.2) is 40.4 Å². The lowest BCUT2D eigenvalue weighted by Crippen LogP contribution is -2.05. The van der Waals surface area contributed by atoms with Gasteiger partial charge < -0.3 is 33.7 Å². The van der Waals surface area contributed by atoms with Crippen molar-refractivity contribution in [2.45, 2.75) is 46.1 Å². The van der Waals surface area contributed by atoms with Crippen molar-refractivity contribution in [2.75, 3.05) is 6.61 Å². The highest BCUT2D eigenvalue weighted by atomic mass is 31.2. The molecule has 0 amide bonds. The first-order chi connectivity index (χ1) is 13.7. The average Bonchev–Trinajstić information content (AvgIpc) is 2.92. The van der Waals surface area contributed by atoms with Gasteiger partial charge in [-0.25, -0.2) is 4.79 Å². The Morgan fingerprint density at radius 1 is 1.24 bits per heavy atom. The summed E-state index contributed by atoms with van der Waals surface area (Å²) in [6.07, 6.45) is 11.0. The molecule has 29 heavy (non-hydrogen) atoms. The number of phosphoric ester groups is 1. The number of furan rings is 1. The van der Waals surface area contributed by atoms with E-state index in [1.807, 2.05) is 13.0 Å². The molecule has 0 aliphatic rings. The largest absolute Gasteiger partial charge is 0.756 e. The predicted molar refractivity (Wildman–Crippen MR) is 103 cm³/mol. The van der Waals surface area contributed by atoms with Crippen LogP contribution in [0.3, 0.4) is 0 Å². The van der Waals surface area contributed by atoms with Crippen LogP contribution in [0.1, 0.15) is 44.6 Å². The van der Waals surface area contributed by atoms with Gasteiger partial charge in [0.25, 0.3) is 7.82 Å². The Bertz CT molecular complexity index is 799.